The number of nitrogens with zero attached hydrogens (tertiary/aromatic N) is 2. The van der Waals surface area contributed by atoms with Crippen LogP contribution in [0.2, 0.25) is 0 Å². The predicted octanol–water partition coefficient (Wildman–Crippen LogP) is 3.71. The first kappa shape index (κ1) is 13.5. The lowest BCUT2D eigenvalue weighted by molar-refractivity contribution is 0.149. The van der Waals surface area contributed by atoms with Crippen LogP contribution in [-0.4, -0.2) is 18.0 Å². The Kier molecular flexibility index (Phi) is 4.04. The third kappa shape index (κ3) is 3.09. The Bertz CT molecular complexity index is 473. The molecule has 0 aliphatic carbocycles. The van der Waals surface area contributed by atoms with E-state index in [-0.39, 0.29) is 11.2 Å². The van der Waals surface area contributed by atoms with E-state index in [1.165, 1.54) is 6.07 Å². The molecule has 0 spiro atoms. The van der Waals surface area contributed by atoms with Gasteiger partial charge in [0.25, 0.3) is 0 Å². The van der Waals surface area contributed by atoms with Gasteiger partial charge < -0.3 is 0 Å². The zero-order chi connectivity index (χ0) is 13.2. The van der Waals surface area contributed by atoms with Crippen LogP contribution in [0.15, 0.2) is 22.7 Å². The fourth-order valence-electron chi connectivity index (χ4n) is 2.22. The lowest BCUT2D eigenvalue weighted by atomic mass is 9.82. The zero-order valence-corrected chi connectivity index (χ0v) is 12.0. The summed E-state index contributed by atoms with van der Waals surface area (Å²) in [5.74, 6) is -0.160. The summed E-state index contributed by atoms with van der Waals surface area (Å²) in [4.78, 5) is 2.21. The van der Waals surface area contributed by atoms with Gasteiger partial charge in [0.05, 0.1) is 11.5 Å². The van der Waals surface area contributed by atoms with Crippen molar-refractivity contribution >= 4 is 15.9 Å². The summed E-state index contributed by atoms with van der Waals surface area (Å²) in [5.41, 5.74) is 0.511. The highest BCUT2D eigenvalue weighted by Gasteiger charge is 2.29. The van der Waals surface area contributed by atoms with E-state index in [2.05, 4.69) is 26.9 Å². The van der Waals surface area contributed by atoms with Crippen LogP contribution >= 0.6 is 15.9 Å². The molecule has 1 fully saturated rings. The van der Waals surface area contributed by atoms with Crippen molar-refractivity contribution in [1.29, 1.82) is 5.26 Å². The molecule has 2 rings (SSSR count). The number of hydrogen-bond donors (Lipinski definition) is 0. The van der Waals surface area contributed by atoms with E-state index in [1.807, 2.05) is 13.0 Å². The smallest absolute Gasteiger partial charge is 0.127 e. The van der Waals surface area contributed by atoms with Gasteiger partial charge in [0, 0.05) is 16.6 Å². The summed E-state index contributed by atoms with van der Waals surface area (Å²) in [6.45, 7) is 4.34. The lowest BCUT2D eigenvalue weighted by Gasteiger charge is -2.34. The van der Waals surface area contributed by atoms with Gasteiger partial charge in [0.2, 0.25) is 0 Å². The van der Waals surface area contributed by atoms with Crippen molar-refractivity contribution in [2.75, 3.05) is 13.1 Å². The molecule has 0 amide bonds. The van der Waals surface area contributed by atoms with Crippen LogP contribution in [0.4, 0.5) is 4.39 Å². The SMILES string of the molecule is CC1(C#N)CCN(Cc2cc(Br)ccc2F)CC1. The van der Waals surface area contributed by atoms with E-state index in [9.17, 15) is 4.39 Å². The molecule has 0 atom stereocenters. The molecule has 0 aromatic heterocycles. The van der Waals surface area contributed by atoms with Gasteiger partial charge in [-0.3, -0.25) is 4.90 Å². The van der Waals surface area contributed by atoms with E-state index in [4.69, 9.17) is 5.26 Å². The van der Waals surface area contributed by atoms with Gasteiger partial charge in [0.1, 0.15) is 5.82 Å². The molecule has 1 aliphatic rings. The highest BCUT2D eigenvalue weighted by atomic mass is 79.9. The highest BCUT2D eigenvalue weighted by Crippen LogP contribution is 2.30. The van der Waals surface area contributed by atoms with Crippen LogP contribution in [0.5, 0.6) is 0 Å². The molecule has 1 aromatic rings. The molecular formula is C14H16BrFN2. The third-order valence-corrected chi connectivity index (χ3v) is 4.12. The van der Waals surface area contributed by atoms with Crippen molar-refractivity contribution in [3.05, 3.63) is 34.1 Å². The molecular weight excluding hydrogens is 295 g/mol. The molecule has 2 nitrogen and oxygen atoms in total. The first-order valence-electron chi connectivity index (χ1n) is 6.10. The summed E-state index contributed by atoms with van der Waals surface area (Å²) < 4.78 is 14.5. The average molecular weight is 311 g/mol. The number of nitriles is 1. The second-order valence-corrected chi connectivity index (χ2v) is 6.10. The molecule has 1 saturated heterocycles. The third-order valence-electron chi connectivity index (χ3n) is 3.63. The van der Waals surface area contributed by atoms with Gasteiger partial charge in [0.15, 0.2) is 0 Å². The van der Waals surface area contributed by atoms with Crippen molar-refractivity contribution in [2.45, 2.75) is 26.3 Å². The molecule has 1 aromatic carbocycles. The Morgan fingerprint density at radius 1 is 1.44 bits per heavy atom. The number of hydrogen-bond acceptors (Lipinski definition) is 2. The minimum absolute atomic E-state index is 0.160. The van der Waals surface area contributed by atoms with Crippen LogP contribution in [0.1, 0.15) is 25.3 Å². The van der Waals surface area contributed by atoms with E-state index in [1.54, 1.807) is 6.07 Å². The van der Waals surface area contributed by atoms with Crippen LogP contribution in [-0.2, 0) is 6.54 Å². The normalized spacial score (nSPS) is 19.4. The van der Waals surface area contributed by atoms with Crippen LogP contribution in [0, 0.1) is 22.6 Å². The van der Waals surface area contributed by atoms with Crippen LogP contribution in [0.25, 0.3) is 0 Å². The average Bonchev–Trinajstić information content (AvgIpc) is 2.37. The van der Waals surface area contributed by atoms with Crippen molar-refractivity contribution in [3.8, 4) is 6.07 Å². The van der Waals surface area contributed by atoms with Gasteiger partial charge in [-0.1, -0.05) is 15.9 Å². The Balaban J connectivity index is 2.00. The van der Waals surface area contributed by atoms with Crippen molar-refractivity contribution in [2.24, 2.45) is 5.41 Å². The number of likely N-dealkylation sites (tertiary alicyclic amines) is 1. The van der Waals surface area contributed by atoms with E-state index in [0.717, 1.165) is 30.4 Å². The first-order valence-corrected chi connectivity index (χ1v) is 6.89. The van der Waals surface area contributed by atoms with Crippen LogP contribution < -0.4 is 0 Å². The minimum atomic E-state index is -0.202. The molecule has 1 heterocycles. The number of rotatable bonds is 2. The van der Waals surface area contributed by atoms with Crippen LogP contribution in [0.3, 0.4) is 0 Å². The van der Waals surface area contributed by atoms with Gasteiger partial charge >= 0.3 is 0 Å². The van der Waals surface area contributed by atoms with E-state index < -0.39 is 0 Å². The molecule has 4 heteroatoms. The number of halogens is 2. The number of benzene rings is 1. The number of piperidine rings is 1. The zero-order valence-electron chi connectivity index (χ0n) is 10.4. The lowest BCUT2D eigenvalue weighted by Crippen LogP contribution is -2.37. The highest BCUT2D eigenvalue weighted by molar-refractivity contribution is 9.10. The fraction of sp³-hybridized carbons (Fsp3) is 0.500. The summed E-state index contributed by atoms with van der Waals surface area (Å²) in [5, 5.41) is 9.07. The molecule has 1 aliphatic heterocycles. The largest absolute Gasteiger partial charge is 0.299 e. The summed E-state index contributed by atoms with van der Waals surface area (Å²) in [7, 11) is 0. The molecule has 0 unspecified atom stereocenters. The van der Waals surface area contributed by atoms with Crippen molar-refractivity contribution < 1.29 is 4.39 Å². The van der Waals surface area contributed by atoms with Gasteiger partial charge in [-0.2, -0.15) is 5.26 Å². The van der Waals surface area contributed by atoms with Crippen molar-refractivity contribution in [3.63, 3.8) is 0 Å². The maximum absolute atomic E-state index is 13.6. The first-order chi connectivity index (χ1) is 8.52. The molecule has 0 bridgehead atoms. The molecule has 0 radical (unpaired) electrons. The topological polar surface area (TPSA) is 27.0 Å². The molecule has 18 heavy (non-hydrogen) atoms. The monoisotopic (exact) mass is 310 g/mol. The second-order valence-electron chi connectivity index (χ2n) is 5.18. The fourth-order valence-corrected chi connectivity index (χ4v) is 2.63. The summed E-state index contributed by atoms with van der Waals surface area (Å²) >= 11 is 3.36. The Morgan fingerprint density at radius 2 is 2.11 bits per heavy atom. The standard InChI is InChI=1S/C14H16BrFN2/c1-14(10-17)4-6-18(7-5-14)9-11-8-12(15)2-3-13(11)16/h2-3,8H,4-7,9H2,1H3. The Hall–Kier alpha value is -0.920. The predicted molar refractivity (Wildman–Crippen MR) is 72.3 cm³/mol. The molecule has 0 N–H and O–H groups in total. The summed E-state index contributed by atoms with van der Waals surface area (Å²) in [6.07, 6.45) is 1.72. The molecule has 0 saturated carbocycles. The maximum Gasteiger partial charge on any atom is 0.127 e. The quantitative estimate of drug-likeness (QED) is 0.832. The maximum atomic E-state index is 13.6. The Morgan fingerprint density at radius 3 is 2.72 bits per heavy atom. The molecule has 96 valence electrons. The van der Waals surface area contributed by atoms with E-state index in [0.29, 0.717) is 12.1 Å². The van der Waals surface area contributed by atoms with Gasteiger partial charge in [-0.15, -0.1) is 0 Å². The second kappa shape index (κ2) is 5.38. The van der Waals surface area contributed by atoms with E-state index >= 15 is 0 Å². The van der Waals surface area contributed by atoms with Crippen molar-refractivity contribution in [1.82, 2.24) is 4.90 Å². The van der Waals surface area contributed by atoms with Gasteiger partial charge in [-0.25, -0.2) is 4.39 Å². The Labute approximate surface area is 116 Å². The minimum Gasteiger partial charge on any atom is -0.299 e. The van der Waals surface area contributed by atoms with Gasteiger partial charge in [-0.05, 0) is 51.1 Å². The summed E-state index contributed by atoms with van der Waals surface area (Å²) in [6, 6.07) is 7.40.